The molecule has 0 saturated heterocycles. The highest BCUT2D eigenvalue weighted by Crippen LogP contribution is 2.29. The van der Waals surface area contributed by atoms with Crippen LogP contribution < -0.4 is 5.73 Å². The van der Waals surface area contributed by atoms with E-state index < -0.39 is 0 Å². The molecule has 1 rings (SSSR count). The Morgan fingerprint density at radius 1 is 1.44 bits per heavy atom. The third-order valence-corrected chi connectivity index (χ3v) is 2.91. The number of carbonyl (C=O) groups excluding carboxylic acids is 1. The molecule has 4 heteroatoms. The lowest BCUT2D eigenvalue weighted by atomic mass is 10.0. The Labute approximate surface area is 105 Å². The highest BCUT2D eigenvalue weighted by atomic mass is 35.5. The Morgan fingerprint density at radius 2 is 2.00 bits per heavy atom. The van der Waals surface area contributed by atoms with Gasteiger partial charge in [0.2, 0.25) is 5.91 Å². The van der Waals surface area contributed by atoms with Gasteiger partial charge in [-0.3, -0.25) is 4.79 Å². The monoisotopic (exact) mass is 248 g/mol. The summed E-state index contributed by atoms with van der Waals surface area (Å²) >= 11 is 0. The van der Waals surface area contributed by atoms with Crippen LogP contribution in [0.2, 0.25) is 0 Å². The van der Waals surface area contributed by atoms with E-state index in [4.69, 9.17) is 5.73 Å². The topological polar surface area (TPSA) is 46.3 Å². The second-order valence-electron chi connectivity index (χ2n) is 5.06. The fourth-order valence-electron chi connectivity index (χ4n) is 1.83. The second kappa shape index (κ2) is 7.13. The van der Waals surface area contributed by atoms with Gasteiger partial charge in [-0.1, -0.05) is 13.8 Å². The van der Waals surface area contributed by atoms with E-state index in [1.54, 1.807) is 0 Å². The number of hydrogen-bond donors (Lipinski definition) is 1. The molecule has 0 spiro atoms. The molecule has 96 valence electrons. The summed E-state index contributed by atoms with van der Waals surface area (Å²) in [6.45, 7) is 7.94. The molecule has 16 heavy (non-hydrogen) atoms. The molecule has 0 bridgehead atoms. The van der Waals surface area contributed by atoms with Gasteiger partial charge in [-0.15, -0.1) is 12.4 Å². The van der Waals surface area contributed by atoms with Crippen molar-refractivity contribution in [2.75, 3.05) is 13.1 Å². The van der Waals surface area contributed by atoms with Crippen molar-refractivity contribution in [1.82, 2.24) is 4.90 Å². The smallest absolute Gasteiger partial charge is 0.239 e. The molecule has 1 aliphatic carbocycles. The molecule has 1 fully saturated rings. The molecule has 1 aliphatic rings. The van der Waals surface area contributed by atoms with E-state index in [0.29, 0.717) is 5.92 Å². The van der Waals surface area contributed by atoms with Crippen molar-refractivity contribution in [2.45, 2.75) is 46.1 Å². The fraction of sp³-hybridized carbons (Fsp3) is 0.917. The van der Waals surface area contributed by atoms with Crippen molar-refractivity contribution >= 4 is 18.3 Å². The van der Waals surface area contributed by atoms with Crippen LogP contribution in [0.25, 0.3) is 0 Å². The first-order valence-electron chi connectivity index (χ1n) is 6.09. The van der Waals surface area contributed by atoms with Crippen LogP contribution in [0, 0.1) is 11.8 Å². The van der Waals surface area contributed by atoms with E-state index in [-0.39, 0.29) is 24.4 Å². The van der Waals surface area contributed by atoms with Crippen molar-refractivity contribution in [3.05, 3.63) is 0 Å². The van der Waals surface area contributed by atoms with Crippen LogP contribution in [0.1, 0.15) is 40.0 Å². The molecule has 3 nitrogen and oxygen atoms in total. The molecule has 0 radical (unpaired) electrons. The molecule has 1 saturated carbocycles. The van der Waals surface area contributed by atoms with Crippen LogP contribution in [0.5, 0.6) is 0 Å². The van der Waals surface area contributed by atoms with E-state index in [0.717, 1.165) is 25.4 Å². The summed E-state index contributed by atoms with van der Waals surface area (Å²) < 4.78 is 0. The third kappa shape index (κ3) is 5.17. The number of hydrogen-bond acceptors (Lipinski definition) is 2. The quantitative estimate of drug-likeness (QED) is 0.782. The summed E-state index contributed by atoms with van der Waals surface area (Å²) in [5.41, 5.74) is 5.90. The number of amides is 1. The van der Waals surface area contributed by atoms with Crippen LogP contribution in [0.4, 0.5) is 0 Å². The molecule has 0 aromatic rings. The van der Waals surface area contributed by atoms with Crippen LogP contribution in [-0.4, -0.2) is 29.9 Å². The van der Waals surface area contributed by atoms with Gasteiger partial charge in [0.1, 0.15) is 0 Å². The SMILES string of the molecule is CCN(CC1CC1)C(=O)[C@@H](N)CC(C)C.Cl. The van der Waals surface area contributed by atoms with E-state index in [2.05, 4.69) is 13.8 Å². The van der Waals surface area contributed by atoms with Gasteiger partial charge in [-0.2, -0.15) is 0 Å². The maximum absolute atomic E-state index is 12.0. The van der Waals surface area contributed by atoms with Crippen LogP contribution in [0.3, 0.4) is 0 Å². The van der Waals surface area contributed by atoms with Gasteiger partial charge >= 0.3 is 0 Å². The summed E-state index contributed by atoms with van der Waals surface area (Å²) in [6, 6.07) is -0.302. The summed E-state index contributed by atoms with van der Waals surface area (Å²) in [5, 5.41) is 0. The Morgan fingerprint density at radius 3 is 2.38 bits per heavy atom. The molecule has 0 heterocycles. The van der Waals surface area contributed by atoms with Crippen molar-refractivity contribution in [3.8, 4) is 0 Å². The van der Waals surface area contributed by atoms with Crippen molar-refractivity contribution in [3.63, 3.8) is 0 Å². The Balaban J connectivity index is 0.00000225. The summed E-state index contributed by atoms with van der Waals surface area (Å²) in [6.07, 6.45) is 3.35. The number of likely N-dealkylation sites (N-methyl/N-ethyl adjacent to an activating group) is 1. The summed E-state index contributed by atoms with van der Waals surface area (Å²) in [7, 11) is 0. The molecule has 2 N–H and O–H groups in total. The Bertz CT molecular complexity index is 217. The number of halogens is 1. The van der Waals surface area contributed by atoms with E-state index >= 15 is 0 Å². The highest BCUT2D eigenvalue weighted by Gasteiger charge is 2.28. The highest BCUT2D eigenvalue weighted by molar-refractivity contribution is 5.85. The van der Waals surface area contributed by atoms with E-state index in [9.17, 15) is 4.79 Å². The first kappa shape index (κ1) is 15.7. The van der Waals surface area contributed by atoms with Gasteiger partial charge < -0.3 is 10.6 Å². The van der Waals surface area contributed by atoms with Gasteiger partial charge in [-0.05, 0) is 38.0 Å². The fourth-order valence-corrected chi connectivity index (χ4v) is 1.83. The van der Waals surface area contributed by atoms with Gasteiger partial charge in [-0.25, -0.2) is 0 Å². The molecule has 1 atom stereocenters. The van der Waals surface area contributed by atoms with Gasteiger partial charge in [0.15, 0.2) is 0 Å². The average Bonchev–Trinajstić information content (AvgIpc) is 2.95. The zero-order valence-corrected chi connectivity index (χ0v) is 11.4. The van der Waals surface area contributed by atoms with Crippen LogP contribution in [0.15, 0.2) is 0 Å². The standard InChI is InChI=1S/C12H24N2O.ClH/c1-4-14(8-10-5-6-10)12(15)11(13)7-9(2)3;/h9-11H,4-8,13H2,1-3H3;1H/t11-;/m0./s1. The van der Waals surface area contributed by atoms with Gasteiger partial charge in [0.25, 0.3) is 0 Å². The van der Waals surface area contributed by atoms with Crippen molar-refractivity contribution < 1.29 is 4.79 Å². The van der Waals surface area contributed by atoms with Crippen LogP contribution >= 0.6 is 12.4 Å². The predicted octanol–water partition coefficient (Wildman–Crippen LogP) is 2.04. The van der Waals surface area contributed by atoms with Gasteiger partial charge in [0, 0.05) is 13.1 Å². The normalized spacial score (nSPS) is 16.8. The molecule has 0 unspecified atom stereocenters. The van der Waals surface area contributed by atoms with Crippen LogP contribution in [-0.2, 0) is 4.79 Å². The Hall–Kier alpha value is -0.280. The zero-order chi connectivity index (χ0) is 11.4. The number of nitrogens with two attached hydrogens (primary N) is 1. The molecular formula is C12H25ClN2O. The molecule has 0 aromatic heterocycles. The summed E-state index contributed by atoms with van der Waals surface area (Å²) in [4.78, 5) is 13.9. The molecule has 0 aliphatic heterocycles. The van der Waals surface area contributed by atoms with Crippen molar-refractivity contribution in [1.29, 1.82) is 0 Å². The lowest BCUT2D eigenvalue weighted by Crippen LogP contribution is -2.45. The molecule has 0 aromatic carbocycles. The van der Waals surface area contributed by atoms with Gasteiger partial charge in [0.05, 0.1) is 6.04 Å². The average molecular weight is 249 g/mol. The maximum atomic E-state index is 12.0. The first-order valence-corrected chi connectivity index (χ1v) is 6.09. The Kier molecular flexibility index (Phi) is 7.00. The lowest BCUT2D eigenvalue weighted by molar-refractivity contribution is -0.133. The number of rotatable bonds is 6. The minimum Gasteiger partial charge on any atom is -0.341 e. The van der Waals surface area contributed by atoms with E-state index in [1.807, 2.05) is 11.8 Å². The number of nitrogens with zero attached hydrogens (tertiary/aromatic N) is 1. The second-order valence-corrected chi connectivity index (χ2v) is 5.06. The predicted molar refractivity (Wildman–Crippen MR) is 69.7 cm³/mol. The maximum Gasteiger partial charge on any atom is 0.239 e. The van der Waals surface area contributed by atoms with E-state index in [1.165, 1.54) is 12.8 Å². The molecular weight excluding hydrogens is 224 g/mol. The third-order valence-electron chi connectivity index (χ3n) is 2.91. The minimum atomic E-state index is -0.302. The summed E-state index contributed by atoms with van der Waals surface area (Å²) in [5.74, 6) is 1.38. The largest absolute Gasteiger partial charge is 0.341 e. The minimum absolute atomic E-state index is 0. The zero-order valence-electron chi connectivity index (χ0n) is 10.6. The molecule has 1 amide bonds. The first-order chi connectivity index (χ1) is 7.04. The van der Waals surface area contributed by atoms with Crippen molar-refractivity contribution in [2.24, 2.45) is 17.6 Å². The number of carbonyl (C=O) groups is 1. The lowest BCUT2D eigenvalue weighted by Gasteiger charge is -2.25.